The van der Waals surface area contributed by atoms with E-state index in [0.29, 0.717) is 32.0 Å². The summed E-state index contributed by atoms with van der Waals surface area (Å²) in [5.74, 6) is -3.42. The molecule has 2 aromatic carbocycles. The van der Waals surface area contributed by atoms with E-state index in [-0.39, 0.29) is 30.1 Å². The van der Waals surface area contributed by atoms with Gasteiger partial charge in [-0.2, -0.15) is 0 Å². The highest BCUT2D eigenvalue weighted by atomic mass is 19.2. The van der Waals surface area contributed by atoms with E-state index < -0.39 is 28.9 Å². The second kappa shape index (κ2) is 9.00. The van der Waals surface area contributed by atoms with E-state index in [0.717, 1.165) is 11.6 Å². The summed E-state index contributed by atoms with van der Waals surface area (Å²) < 4.78 is 40.2. The first-order chi connectivity index (χ1) is 14.2. The topological polar surface area (TPSA) is 63.4 Å². The van der Waals surface area contributed by atoms with Crippen LogP contribution in [0.3, 0.4) is 0 Å². The number of hydrogen-bond acceptors (Lipinski definition) is 3. The van der Waals surface area contributed by atoms with Crippen LogP contribution in [0.5, 0.6) is 0 Å². The molecule has 0 radical (unpaired) electrons. The maximum absolute atomic E-state index is 13.8. The monoisotopic (exact) mass is 418 g/mol. The van der Waals surface area contributed by atoms with Crippen molar-refractivity contribution in [2.45, 2.75) is 44.1 Å². The van der Waals surface area contributed by atoms with Gasteiger partial charge in [-0.15, -0.1) is 0 Å². The molecule has 2 N–H and O–H groups in total. The van der Waals surface area contributed by atoms with Crippen molar-refractivity contribution < 1.29 is 22.8 Å². The molecule has 1 atom stereocenters. The average molecular weight is 418 g/mol. The molecular formula is C23H25F3N2O2. The highest BCUT2D eigenvalue weighted by molar-refractivity contribution is 5.88. The first-order valence-electron chi connectivity index (χ1n) is 9.96. The fourth-order valence-corrected chi connectivity index (χ4v) is 4.17. The van der Waals surface area contributed by atoms with Crippen LogP contribution < -0.4 is 5.73 Å². The van der Waals surface area contributed by atoms with Gasteiger partial charge in [0.15, 0.2) is 11.6 Å². The Hall–Kier alpha value is -2.67. The minimum absolute atomic E-state index is 0.0448. The van der Waals surface area contributed by atoms with Gasteiger partial charge in [-0.1, -0.05) is 30.3 Å². The molecule has 3 rings (SSSR count). The summed E-state index contributed by atoms with van der Waals surface area (Å²) in [6.07, 6.45) is 0.914. The Kier molecular flexibility index (Phi) is 6.61. The highest BCUT2D eigenvalue weighted by Crippen LogP contribution is 2.36. The number of rotatable bonds is 6. The number of carbonyl (C=O) groups is 2. The SMILES string of the molecule is CC(=O)C1(c2ccccc2)CCN(C(=O)C[C@H](N)Cc2cc(F)c(F)cc2F)CC1. The molecule has 0 spiro atoms. The van der Waals surface area contributed by atoms with Crippen molar-refractivity contribution in [2.24, 2.45) is 5.73 Å². The van der Waals surface area contributed by atoms with Crippen molar-refractivity contribution in [1.29, 1.82) is 0 Å². The van der Waals surface area contributed by atoms with E-state index in [2.05, 4.69) is 0 Å². The Bertz CT molecular complexity index is 926. The van der Waals surface area contributed by atoms with E-state index >= 15 is 0 Å². The van der Waals surface area contributed by atoms with Gasteiger partial charge in [-0.05, 0) is 43.4 Å². The highest BCUT2D eigenvalue weighted by Gasteiger charge is 2.41. The van der Waals surface area contributed by atoms with Crippen molar-refractivity contribution in [1.82, 2.24) is 4.90 Å². The number of nitrogens with zero attached hydrogens (tertiary/aromatic N) is 1. The van der Waals surface area contributed by atoms with Crippen molar-refractivity contribution in [3.8, 4) is 0 Å². The summed E-state index contributed by atoms with van der Waals surface area (Å²) in [4.78, 5) is 26.8. The second-order valence-corrected chi connectivity index (χ2v) is 7.91. The molecule has 7 heteroatoms. The minimum Gasteiger partial charge on any atom is -0.343 e. The summed E-state index contributed by atoms with van der Waals surface area (Å²) in [5, 5.41) is 0. The second-order valence-electron chi connectivity index (χ2n) is 7.91. The molecule has 1 fully saturated rings. The van der Waals surface area contributed by atoms with Crippen LogP contribution in [-0.2, 0) is 21.4 Å². The number of nitrogens with two attached hydrogens (primary N) is 1. The maximum atomic E-state index is 13.8. The molecule has 0 saturated carbocycles. The number of halogens is 3. The van der Waals surface area contributed by atoms with E-state index in [1.165, 1.54) is 0 Å². The Morgan fingerprint density at radius 3 is 2.23 bits per heavy atom. The van der Waals surface area contributed by atoms with Gasteiger partial charge in [0.25, 0.3) is 0 Å². The molecule has 4 nitrogen and oxygen atoms in total. The van der Waals surface area contributed by atoms with Crippen molar-refractivity contribution in [3.63, 3.8) is 0 Å². The molecule has 2 aromatic rings. The lowest BCUT2D eigenvalue weighted by molar-refractivity contribution is -0.135. The molecule has 0 aliphatic carbocycles. The molecule has 1 aliphatic rings. The number of Topliss-reactive ketones (excluding diaryl/α,β-unsaturated/α-hetero) is 1. The van der Waals surface area contributed by atoms with Crippen LogP contribution in [0.25, 0.3) is 0 Å². The summed E-state index contributed by atoms with van der Waals surface area (Å²) in [6, 6.07) is 10.1. The molecular weight excluding hydrogens is 393 g/mol. The van der Waals surface area contributed by atoms with Gasteiger partial charge < -0.3 is 10.6 Å². The zero-order chi connectivity index (χ0) is 21.9. The van der Waals surface area contributed by atoms with Gasteiger partial charge in [0.2, 0.25) is 5.91 Å². The van der Waals surface area contributed by atoms with E-state index in [9.17, 15) is 22.8 Å². The molecule has 1 amide bonds. The Balaban J connectivity index is 1.61. The summed E-state index contributed by atoms with van der Waals surface area (Å²) in [7, 11) is 0. The molecule has 0 bridgehead atoms. The third-order valence-corrected chi connectivity index (χ3v) is 5.98. The zero-order valence-electron chi connectivity index (χ0n) is 16.8. The Morgan fingerprint density at radius 2 is 1.63 bits per heavy atom. The lowest BCUT2D eigenvalue weighted by Gasteiger charge is -2.41. The van der Waals surface area contributed by atoms with Crippen LogP contribution >= 0.6 is 0 Å². The largest absolute Gasteiger partial charge is 0.343 e. The minimum atomic E-state index is -1.26. The fourth-order valence-electron chi connectivity index (χ4n) is 4.17. The van der Waals surface area contributed by atoms with Crippen LogP contribution in [0.2, 0.25) is 0 Å². The fraction of sp³-hybridized carbons (Fsp3) is 0.391. The van der Waals surface area contributed by atoms with Crippen LogP contribution in [0.4, 0.5) is 13.2 Å². The molecule has 1 heterocycles. The lowest BCUT2D eigenvalue weighted by atomic mass is 9.70. The molecule has 1 aliphatic heterocycles. The quantitative estimate of drug-likeness (QED) is 0.731. The van der Waals surface area contributed by atoms with Gasteiger partial charge in [0.1, 0.15) is 11.6 Å². The molecule has 0 unspecified atom stereocenters. The maximum Gasteiger partial charge on any atom is 0.224 e. The standard InChI is InChI=1S/C23H25F3N2O2/c1-15(29)23(17-5-3-2-4-6-17)7-9-28(10-8-23)22(30)13-18(27)11-16-12-20(25)21(26)14-19(16)24/h2-6,12,14,18H,7-11,13,27H2,1H3/t18-/m1/s1. The van der Waals surface area contributed by atoms with Crippen molar-refractivity contribution in [2.75, 3.05) is 13.1 Å². The van der Waals surface area contributed by atoms with Gasteiger partial charge in [0, 0.05) is 31.6 Å². The molecule has 30 heavy (non-hydrogen) atoms. The van der Waals surface area contributed by atoms with Gasteiger partial charge in [-0.3, -0.25) is 9.59 Å². The van der Waals surface area contributed by atoms with Crippen molar-refractivity contribution >= 4 is 11.7 Å². The smallest absolute Gasteiger partial charge is 0.224 e. The van der Waals surface area contributed by atoms with Crippen molar-refractivity contribution in [3.05, 3.63) is 71.0 Å². The first-order valence-corrected chi connectivity index (χ1v) is 9.96. The summed E-state index contributed by atoms with van der Waals surface area (Å²) in [6.45, 7) is 2.41. The molecule has 1 saturated heterocycles. The van der Waals surface area contributed by atoms with Crippen LogP contribution in [0.15, 0.2) is 42.5 Å². The number of amides is 1. The van der Waals surface area contributed by atoms with Gasteiger partial charge >= 0.3 is 0 Å². The average Bonchev–Trinajstić information content (AvgIpc) is 2.72. The van der Waals surface area contributed by atoms with E-state index in [4.69, 9.17) is 5.73 Å². The molecule has 0 aromatic heterocycles. The van der Waals surface area contributed by atoms with E-state index in [1.807, 2.05) is 30.3 Å². The number of benzene rings is 2. The Morgan fingerprint density at radius 1 is 1.03 bits per heavy atom. The predicted molar refractivity (Wildman–Crippen MR) is 107 cm³/mol. The predicted octanol–water partition coefficient (Wildman–Crippen LogP) is 3.51. The number of hydrogen-bond donors (Lipinski definition) is 1. The lowest BCUT2D eigenvalue weighted by Crippen LogP contribution is -2.49. The third kappa shape index (κ3) is 4.56. The third-order valence-electron chi connectivity index (χ3n) is 5.98. The van der Waals surface area contributed by atoms with Gasteiger partial charge in [-0.25, -0.2) is 13.2 Å². The van der Waals surface area contributed by atoms with Crippen LogP contribution in [0.1, 0.15) is 37.3 Å². The number of ketones is 1. The Labute approximate surface area is 173 Å². The van der Waals surface area contributed by atoms with E-state index in [1.54, 1.807) is 11.8 Å². The van der Waals surface area contributed by atoms with Crippen LogP contribution in [-0.4, -0.2) is 35.7 Å². The normalized spacial score (nSPS) is 16.9. The van der Waals surface area contributed by atoms with Gasteiger partial charge in [0.05, 0.1) is 5.41 Å². The molecule has 160 valence electrons. The number of piperidine rings is 1. The van der Waals surface area contributed by atoms with Crippen LogP contribution in [0, 0.1) is 17.5 Å². The first kappa shape index (κ1) is 22.0. The number of carbonyl (C=O) groups excluding carboxylic acids is 2. The zero-order valence-corrected chi connectivity index (χ0v) is 16.8. The number of likely N-dealkylation sites (tertiary alicyclic amines) is 1. The summed E-state index contributed by atoms with van der Waals surface area (Å²) in [5.41, 5.74) is 6.27. The summed E-state index contributed by atoms with van der Waals surface area (Å²) >= 11 is 0.